The van der Waals surface area contributed by atoms with Crippen molar-refractivity contribution in [3.05, 3.63) is 0 Å². The zero-order valence-corrected chi connectivity index (χ0v) is 11.3. The molecule has 0 radical (unpaired) electrons. The van der Waals surface area contributed by atoms with E-state index in [0.29, 0.717) is 0 Å². The van der Waals surface area contributed by atoms with Crippen LogP contribution in [0.2, 0.25) is 0 Å². The first kappa shape index (κ1) is 12.6. The van der Waals surface area contributed by atoms with Gasteiger partial charge in [0.05, 0.1) is 18.3 Å². The van der Waals surface area contributed by atoms with E-state index in [1.54, 1.807) is 0 Å². The number of ether oxygens (including phenoxy) is 1. The summed E-state index contributed by atoms with van der Waals surface area (Å²) in [4.78, 5) is 2.33. The third kappa shape index (κ3) is 3.56. The smallest absolute Gasteiger partial charge is 0.270 e. The van der Waals surface area contributed by atoms with Crippen LogP contribution in [-0.2, 0) is 0 Å². The van der Waals surface area contributed by atoms with Crippen molar-refractivity contribution in [3.63, 3.8) is 0 Å². The Bertz CT molecular complexity index is 321. The highest BCUT2D eigenvalue weighted by Gasteiger charge is 2.18. The fourth-order valence-corrected chi connectivity index (χ4v) is 2.58. The SMILES string of the molecule is CCCCOc1nsnc1N1CCCCCC1. The number of hydrogen-bond donors (Lipinski definition) is 0. The fraction of sp³-hybridized carbons (Fsp3) is 0.833. The van der Waals surface area contributed by atoms with Gasteiger partial charge in [0.15, 0.2) is 0 Å². The lowest BCUT2D eigenvalue weighted by Crippen LogP contribution is -2.24. The molecule has 0 bridgehead atoms. The largest absolute Gasteiger partial charge is 0.474 e. The van der Waals surface area contributed by atoms with E-state index in [1.165, 1.54) is 37.4 Å². The molecule has 0 saturated carbocycles. The summed E-state index contributed by atoms with van der Waals surface area (Å²) < 4.78 is 14.4. The Morgan fingerprint density at radius 3 is 2.65 bits per heavy atom. The molecule has 1 fully saturated rings. The lowest BCUT2D eigenvalue weighted by atomic mass is 10.2. The highest BCUT2D eigenvalue weighted by molar-refractivity contribution is 6.99. The molecule has 2 heterocycles. The standard InChI is InChI=1S/C12H21N3OS/c1-2-3-10-16-12-11(13-17-14-12)15-8-6-4-5-7-9-15/h2-10H2,1H3. The molecule has 5 heteroatoms. The summed E-state index contributed by atoms with van der Waals surface area (Å²) in [6, 6.07) is 0. The molecule has 0 amide bonds. The van der Waals surface area contributed by atoms with E-state index in [9.17, 15) is 0 Å². The molecule has 4 nitrogen and oxygen atoms in total. The van der Waals surface area contributed by atoms with Crippen molar-refractivity contribution in [1.29, 1.82) is 0 Å². The maximum absolute atomic E-state index is 5.71. The van der Waals surface area contributed by atoms with Crippen molar-refractivity contribution in [2.45, 2.75) is 45.4 Å². The third-order valence-corrected chi connectivity index (χ3v) is 3.59. The Hall–Kier alpha value is -0.840. The Balaban J connectivity index is 1.96. The fourth-order valence-electron chi connectivity index (χ4n) is 2.06. The van der Waals surface area contributed by atoms with E-state index < -0.39 is 0 Å². The summed E-state index contributed by atoms with van der Waals surface area (Å²) in [5, 5.41) is 0. The lowest BCUT2D eigenvalue weighted by molar-refractivity contribution is 0.300. The molecule has 1 aliphatic rings. The molecule has 0 unspecified atom stereocenters. The van der Waals surface area contributed by atoms with Gasteiger partial charge >= 0.3 is 0 Å². The van der Waals surface area contributed by atoms with Crippen molar-refractivity contribution in [3.8, 4) is 5.88 Å². The minimum atomic E-state index is 0.741. The van der Waals surface area contributed by atoms with Gasteiger partial charge in [-0.3, -0.25) is 0 Å². The monoisotopic (exact) mass is 255 g/mol. The van der Waals surface area contributed by atoms with E-state index in [2.05, 4.69) is 20.6 Å². The van der Waals surface area contributed by atoms with Gasteiger partial charge in [-0.15, -0.1) is 4.37 Å². The number of hydrogen-bond acceptors (Lipinski definition) is 5. The first-order chi connectivity index (χ1) is 8.42. The van der Waals surface area contributed by atoms with Crippen molar-refractivity contribution in [2.75, 3.05) is 24.6 Å². The summed E-state index contributed by atoms with van der Waals surface area (Å²) in [7, 11) is 0. The Morgan fingerprint density at radius 1 is 1.18 bits per heavy atom. The predicted molar refractivity (Wildman–Crippen MR) is 71.0 cm³/mol. The van der Waals surface area contributed by atoms with Crippen molar-refractivity contribution < 1.29 is 4.74 Å². The number of rotatable bonds is 5. The van der Waals surface area contributed by atoms with Crippen LogP contribution in [0.5, 0.6) is 5.88 Å². The Morgan fingerprint density at radius 2 is 1.94 bits per heavy atom. The average Bonchev–Trinajstić information content (AvgIpc) is 2.63. The quantitative estimate of drug-likeness (QED) is 0.758. The van der Waals surface area contributed by atoms with Crippen LogP contribution in [0.3, 0.4) is 0 Å². The average molecular weight is 255 g/mol. The summed E-state index contributed by atoms with van der Waals surface area (Å²) in [5.74, 6) is 1.71. The Kier molecular flexibility index (Phi) is 5.04. The van der Waals surface area contributed by atoms with Gasteiger partial charge in [-0.25, -0.2) is 0 Å². The molecular formula is C12H21N3OS. The molecule has 96 valence electrons. The summed E-state index contributed by atoms with van der Waals surface area (Å²) >= 11 is 1.26. The molecular weight excluding hydrogens is 234 g/mol. The molecule has 2 rings (SSSR count). The van der Waals surface area contributed by atoms with Gasteiger partial charge in [0, 0.05) is 13.1 Å². The van der Waals surface area contributed by atoms with E-state index >= 15 is 0 Å². The van der Waals surface area contributed by atoms with Crippen molar-refractivity contribution in [2.24, 2.45) is 0 Å². The van der Waals surface area contributed by atoms with Crippen LogP contribution in [0.4, 0.5) is 5.82 Å². The van der Waals surface area contributed by atoms with Crippen LogP contribution in [0.1, 0.15) is 45.4 Å². The number of anilines is 1. The highest BCUT2D eigenvalue weighted by atomic mass is 32.1. The van der Waals surface area contributed by atoms with Gasteiger partial charge in [-0.1, -0.05) is 26.2 Å². The van der Waals surface area contributed by atoms with Crippen LogP contribution >= 0.6 is 11.7 Å². The molecule has 0 aromatic carbocycles. The van der Waals surface area contributed by atoms with Gasteiger partial charge in [-0.2, -0.15) is 4.37 Å². The molecule has 0 N–H and O–H groups in total. The third-order valence-electron chi connectivity index (χ3n) is 3.08. The predicted octanol–water partition coefficient (Wildman–Crippen LogP) is 3.10. The second-order valence-electron chi connectivity index (χ2n) is 4.50. The summed E-state index contributed by atoms with van der Waals surface area (Å²) in [6.07, 6.45) is 7.41. The van der Waals surface area contributed by atoms with Crippen LogP contribution in [-0.4, -0.2) is 28.4 Å². The normalized spacial score (nSPS) is 16.9. The molecule has 1 aromatic rings. The van der Waals surface area contributed by atoms with Crippen LogP contribution in [0.15, 0.2) is 0 Å². The maximum atomic E-state index is 5.71. The van der Waals surface area contributed by atoms with Crippen molar-refractivity contribution in [1.82, 2.24) is 8.75 Å². The lowest BCUT2D eigenvalue weighted by Gasteiger charge is -2.20. The van der Waals surface area contributed by atoms with Gasteiger partial charge in [0.2, 0.25) is 5.82 Å². The van der Waals surface area contributed by atoms with Crippen LogP contribution < -0.4 is 9.64 Å². The summed E-state index contributed by atoms with van der Waals surface area (Å²) in [6.45, 7) is 5.10. The van der Waals surface area contributed by atoms with E-state index in [-0.39, 0.29) is 0 Å². The van der Waals surface area contributed by atoms with Gasteiger partial charge in [-0.05, 0) is 19.3 Å². The maximum Gasteiger partial charge on any atom is 0.270 e. The highest BCUT2D eigenvalue weighted by Crippen LogP contribution is 2.27. The molecule has 0 spiro atoms. The molecule has 0 atom stereocenters. The zero-order valence-electron chi connectivity index (χ0n) is 10.5. The topological polar surface area (TPSA) is 38.3 Å². The second-order valence-corrected chi connectivity index (χ2v) is 5.02. The van der Waals surface area contributed by atoms with Gasteiger partial charge in [0.25, 0.3) is 5.88 Å². The first-order valence-corrected chi connectivity index (χ1v) is 7.35. The second kappa shape index (κ2) is 6.79. The van der Waals surface area contributed by atoms with Crippen LogP contribution in [0, 0.1) is 0 Å². The number of unbranched alkanes of at least 4 members (excludes halogenated alkanes) is 1. The van der Waals surface area contributed by atoms with E-state index in [0.717, 1.165) is 44.2 Å². The van der Waals surface area contributed by atoms with Gasteiger partial charge < -0.3 is 9.64 Å². The van der Waals surface area contributed by atoms with E-state index in [4.69, 9.17) is 4.74 Å². The molecule has 1 aromatic heterocycles. The Labute approximate surface area is 107 Å². The zero-order chi connectivity index (χ0) is 11.9. The minimum Gasteiger partial charge on any atom is -0.474 e. The first-order valence-electron chi connectivity index (χ1n) is 6.62. The van der Waals surface area contributed by atoms with E-state index in [1.807, 2.05) is 0 Å². The van der Waals surface area contributed by atoms with Crippen LogP contribution in [0.25, 0.3) is 0 Å². The molecule has 1 aliphatic heterocycles. The summed E-state index contributed by atoms with van der Waals surface area (Å²) in [5.41, 5.74) is 0. The van der Waals surface area contributed by atoms with Crippen molar-refractivity contribution >= 4 is 17.5 Å². The minimum absolute atomic E-state index is 0.741. The number of aromatic nitrogens is 2. The molecule has 17 heavy (non-hydrogen) atoms. The molecule has 0 aliphatic carbocycles. The number of nitrogens with zero attached hydrogens (tertiary/aromatic N) is 3. The molecule has 1 saturated heterocycles. The van der Waals surface area contributed by atoms with Gasteiger partial charge in [0.1, 0.15) is 0 Å².